The average Bonchev–Trinajstić information content (AvgIpc) is 2.37. The highest BCUT2D eigenvalue weighted by Crippen LogP contribution is 2.19. The van der Waals surface area contributed by atoms with E-state index >= 15 is 0 Å². The van der Waals surface area contributed by atoms with Gasteiger partial charge in [0.1, 0.15) is 6.54 Å². The number of aryl methyl sites for hydroxylation is 2. The largest absolute Gasteiger partial charge is 0.324 e. The van der Waals surface area contributed by atoms with Crippen molar-refractivity contribution in [3.63, 3.8) is 0 Å². The van der Waals surface area contributed by atoms with E-state index in [4.69, 9.17) is 11.6 Å². The molecule has 1 aromatic heterocycles. The van der Waals surface area contributed by atoms with Crippen LogP contribution in [0.3, 0.4) is 0 Å². The van der Waals surface area contributed by atoms with Gasteiger partial charge in [-0.25, -0.2) is 0 Å². The molecule has 0 saturated heterocycles. The number of rotatable bonds is 3. The number of carbonyl (C=O) groups is 1. The van der Waals surface area contributed by atoms with Gasteiger partial charge in [0.05, 0.1) is 0 Å². The molecule has 0 unspecified atom stereocenters. The molecule has 0 aliphatic rings. The van der Waals surface area contributed by atoms with Crippen LogP contribution in [-0.4, -0.2) is 10.5 Å². The van der Waals surface area contributed by atoms with E-state index in [1.54, 1.807) is 30.5 Å². The van der Waals surface area contributed by atoms with E-state index in [0.717, 1.165) is 11.1 Å². The first-order valence-electron chi connectivity index (χ1n) is 6.19. The Hall–Kier alpha value is -2.07. The number of anilines is 1. The summed E-state index contributed by atoms with van der Waals surface area (Å²) in [6, 6.07) is 8.41. The molecule has 1 heterocycles. The number of halogens is 1. The van der Waals surface area contributed by atoms with Crippen LogP contribution in [0, 0.1) is 13.8 Å². The number of amides is 1. The zero-order valence-corrected chi connectivity index (χ0v) is 12.1. The van der Waals surface area contributed by atoms with Crippen LogP contribution in [-0.2, 0) is 11.3 Å². The minimum atomic E-state index is -0.247. The minimum Gasteiger partial charge on any atom is -0.324 e. The fourth-order valence-corrected chi connectivity index (χ4v) is 2.11. The van der Waals surface area contributed by atoms with Gasteiger partial charge in [0, 0.05) is 23.0 Å². The number of carbonyl (C=O) groups excluding carboxylic acids is 1. The zero-order valence-electron chi connectivity index (χ0n) is 11.3. The molecule has 1 N–H and O–H groups in total. The van der Waals surface area contributed by atoms with Crippen molar-refractivity contribution >= 4 is 23.2 Å². The fraction of sp³-hybridized carbons (Fsp3) is 0.200. The molecule has 0 radical (unpaired) electrons. The van der Waals surface area contributed by atoms with E-state index in [-0.39, 0.29) is 18.0 Å². The maximum atomic E-state index is 12.0. The number of pyridine rings is 1. The van der Waals surface area contributed by atoms with Crippen LogP contribution >= 0.6 is 11.6 Å². The molecule has 0 aliphatic heterocycles. The second-order valence-corrected chi connectivity index (χ2v) is 5.12. The summed E-state index contributed by atoms with van der Waals surface area (Å²) in [5.74, 6) is -0.247. The van der Waals surface area contributed by atoms with Crippen LogP contribution in [0.1, 0.15) is 11.1 Å². The first-order chi connectivity index (χ1) is 9.45. The van der Waals surface area contributed by atoms with E-state index in [1.165, 1.54) is 10.6 Å². The Labute approximate surface area is 122 Å². The molecule has 1 amide bonds. The molecule has 5 heteroatoms. The number of benzene rings is 1. The number of hydrogen-bond donors (Lipinski definition) is 1. The summed E-state index contributed by atoms with van der Waals surface area (Å²) in [5, 5.41) is 3.40. The summed E-state index contributed by atoms with van der Waals surface area (Å²) in [7, 11) is 0. The number of nitrogens with zero attached hydrogens (tertiary/aromatic N) is 1. The lowest BCUT2D eigenvalue weighted by Crippen LogP contribution is -2.27. The first-order valence-corrected chi connectivity index (χ1v) is 6.56. The van der Waals surface area contributed by atoms with Gasteiger partial charge < -0.3 is 9.88 Å². The third-order valence-electron chi connectivity index (χ3n) is 2.91. The fourth-order valence-electron chi connectivity index (χ4n) is 1.89. The normalized spacial score (nSPS) is 10.3. The molecule has 0 saturated carbocycles. The lowest BCUT2D eigenvalue weighted by molar-refractivity contribution is -0.116. The Balaban J connectivity index is 2.13. The SMILES string of the molecule is Cc1ccc(=O)n(CC(=O)Nc2ccc(Cl)cc2C)c1. The van der Waals surface area contributed by atoms with Crippen LogP contribution < -0.4 is 10.9 Å². The molecule has 0 fully saturated rings. The number of hydrogen-bond acceptors (Lipinski definition) is 2. The van der Waals surface area contributed by atoms with Crippen molar-refractivity contribution < 1.29 is 4.79 Å². The molecule has 0 atom stereocenters. The van der Waals surface area contributed by atoms with Gasteiger partial charge in [0.15, 0.2) is 0 Å². The lowest BCUT2D eigenvalue weighted by Gasteiger charge is -2.10. The molecule has 0 aliphatic carbocycles. The summed E-state index contributed by atoms with van der Waals surface area (Å²) in [6.07, 6.45) is 1.66. The van der Waals surface area contributed by atoms with Crippen molar-refractivity contribution in [1.29, 1.82) is 0 Å². The van der Waals surface area contributed by atoms with E-state index in [9.17, 15) is 9.59 Å². The molecule has 4 nitrogen and oxygen atoms in total. The van der Waals surface area contributed by atoms with E-state index in [1.807, 2.05) is 13.8 Å². The van der Waals surface area contributed by atoms with E-state index in [2.05, 4.69) is 5.32 Å². The molecule has 104 valence electrons. The topological polar surface area (TPSA) is 51.1 Å². The molecule has 20 heavy (non-hydrogen) atoms. The highest BCUT2D eigenvalue weighted by molar-refractivity contribution is 6.30. The van der Waals surface area contributed by atoms with Gasteiger partial charge in [-0.3, -0.25) is 9.59 Å². The van der Waals surface area contributed by atoms with Crippen LogP contribution in [0.5, 0.6) is 0 Å². The summed E-state index contributed by atoms with van der Waals surface area (Å²) in [6.45, 7) is 3.72. The van der Waals surface area contributed by atoms with Crippen molar-refractivity contribution in [3.05, 3.63) is 63.0 Å². The predicted molar refractivity (Wildman–Crippen MR) is 80.3 cm³/mol. The highest BCUT2D eigenvalue weighted by atomic mass is 35.5. The summed E-state index contributed by atoms with van der Waals surface area (Å²) in [4.78, 5) is 23.6. The quantitative estimate of drug-likeness (QED) is 0.945. The van der Waals surface area contributed by atoms with Gasteiger partial charge in [-0.05, 0) is 43.2 Å². The molecule has 0 spiro atoms. The number of nitrogens with one attached hydrogen (secondary N) is 1. The predicted octanol–water partition coefficient (Wildman–Crippen LogP) is 2.76. The van der Waals surface area contributed by atoms with Gasteiger partial charge in [-0.1, -0.05) is 17.7 Å². The lowest BCUT2D eigenvalue weighted by atomic mass is 10.2. The van der Waals surface area contributed by atoms with E-state index < -0.39 is 0 Å². The van der Waals surface area contributed by atoms with Gasteiger partial charge in [0.25, 0.3) is 5.56 Å². The Morgan fingerprint density at radius 1 is 1.25 bits per heavy atom. The molecule has 2 rings (SSSR count). The minimum absolute atomic E-state index is 0.0113. The molecule has 1 aromatic carbocycles. The summed E-state index contributed by atoms with van der Waals surface area (Å²) >= 11 is 5.86. The third kappa shape index (κ3) is 3.48. The van der Waals surface area contributed by atoms with Crippen molar-refractivity contribution in [2.75, 3.05) is 5.32 Å². The van der Waals surface area contributed by atoms with Crippen molar-refractivity contribution in [2.24, 2.45) is 0 Å². The maximum Gasteiger partial charge on any atom is 0.251 e. The maximum absolute atomic E-state index is 12.0. The van der Waals surface area contributed by atoms with Crippen LogP contribution in [0.4, 0.5) is 5.69 Å². The van der Waals surface area contributed by atoms with Crippen molar-refractivity contribution in [3.8, 4) is 0 Å². The monoisotopic (exact) mass is 290 g/mol. The second-order valence-electron chi connectivity index (χ2n) is 4.68. The standard InChI is InChI=1S/C15H15ClN2O2/c1-10-3-6-15(20)18(8-10)9-14(19)17-13-5-4-12(16)7-11(13)2/h3-8H,9H2,1-2H3,(H,17,19). The Morgan fingerprint density at radius 3 is 2.70 bits per heavy atom. The molecular weight excluding hydrogens is 276 g/mol. The van der Waals surface area contributed by atoms with Gasteiger partial charge in [-0.15, -0.1) is 0 Å². The van der Waals surface area contributed by atoms with Gasteiger partial charge >= 0.3 is 0 Å². The summed E-state index contributed by atoms with van der Waals surface area (Å²) in [5.41, 5.74) is 2.31. The van der Waals surface area contributed by atoms with Gasteiger partial charge in [-0.2, -0.15) is 0 Å². The molecular formula is C15H15ClN2O2. The average molecular weight is 291 g/mol. The first kappa shape index (κ1) is 14.3. The zero-order chi connectivity index (χ0) is 14.7. The summed E-state index contributed by atoms with van der Waals surface area (Å²) < 4.78 is 1.38. The third-order valence-corrected chi connectivity index (χ3v) is 3.14. The van der Waals surface area contributed by atoms with E-state index in [0.29, 0.717) is 10.7 Å². The highest BCUT2D eigenvalue weighted by Gasteiger charge is 2.07. The number of aromatic nitrogens is 1. The van der Waals surface area contributed by atoms with Crippen molar-refractivity contribution in [2.45, 2.75) is 20.4 Å². The molecule has 0 bridgehead atoms. The van der Waals surface area contributed by atoms with Crippen LogP contribution in [0.25, 0.3) is 0 Å². The van der Waals surface area contributed by atoms with Crippen LogP contribution in [0.15, 0.2) is 41.3 Å². The Morgan fingerprint density at radius 2 is 2.00 bits per heavy atom. The Kier molecular flexibility index (Phi) is 4.25. The van der Waals surface area contributed by atoms with Gasteiger partial charge in [0.2, 0.25) is 5.91 Å². The van der Waals surface area contributed by atoms with Crippen molar-refractivity contribution in [1.82, 2.24) is 4.57 Å². The Bertz CT molecular complexity index is 707. The second kappa shape index (κ2) is 5.92. The van der Waals surface area contributed by atoms with Crippen LogP contribution in [0.2, 0.25) is 5.02 Å². The molecule has 2 aromatic rings. The smallest absolute Gasteiger partial charge is 0.251 e.